The molecule has 0 amide bonds. The van der Waals surface area contributed by atoms with Gasteiger partial charge in [-0.1, -0.05) is 12.1 Å². The Balaban J connectivity index is 1.81. The fraction of sp³-hybridized carbons (Fsp3) is 0.250. The van der Waals surface area contributed by atoms with Gasteiger partial charge in [0.15, 0.2) is 11.5 Å². The molecular formula is C16H15N3O2. The van der Waals surface area contributed by atoms with Crippen LogP contribution in [0.4, 0.5) is 5.82 Å². The van der Waals surface area contributed by atoms with Crippen LogP contribution in [0.5, 0.6) is 11.5 Å². The van der Waals surface area contributed by atoms with Crippen LogP contribution in [-0.4, -0.2) is 18.2 Å². The number of pyridine rings is 1. The first kappa shape index (κ1) is 13.3. The summed E-state index contributed by atoms with van der Waals surface area (Å²) in [5, 5.41) is 12.3. The Labute approximate surface area is 123 Å². The van der Waals surface area contributed by atoms with Crippen LogP contribution >= 0.6 is 0 Å². The number of fused-ring (bicyclic) bond motifs is 1. The minimum Gasteiger partial charge on any atom is -0.490 e. The third-order valence-electron chi connectivity index (χ3n) is 3.23. The Morgan fingerprint density at radius 2 is 2.10 bits per heavy atom. The number of para-hydroxylation sites is 1. The van der Waals surface area contributed by atoms with Gasteiger partial charge in [0.2, 0.25) is 0 Å². The van der Waals surface area contributed by atoms with Gasteiger partial charge in [0.25, 0.3) is 0 Å². The molecule has 21 heavy (non-hydrogen) atoms. The van der Waals surface area contributed by atoms with Crippen molar-refractivity contribution in [1.29, 1.82) is 5.26 Å². The van der Waals surface area contributed by atoms with Gasteiger partial charge in [0, 0.05) is 24.7 Å². The molecule has 1 aliphatic rings. The monoisotopic (exact) mass is 281 g/mol. The standard InChI is InChI=1S/C16H15N3O2/c17-10-12-5-2-7-18-16(12)19-11-13-4-1-6-14-15(13)21-9-3-8-20-14/h1-2,4-7H,3,8-9,11H2,(H,18,19). The highest BCUT2D eigenvalue weighted by Gasteiger charge is 2.14. The van der Waals surface area contributed by atoms with Gasteiger partial charge in [-0.2, -0.15) is 5.26 Å². The first-order chi connectivity index (χ1) is 10.4. The predicted molar refractivity (Wildman–Crippen MR) is 78.3 cm³/mol. The largest absolute Gasteiger partial charge is 0.490 e. The molecule has 1 aliphatic heterocycles. The molecule has 5 nitrogen and oxygen atoms in total. The lowest BCUT2D eigenvalue weighted by Gasteiger charge is -2.13. The number of benzene rings is 1. The molecule has 106 valence electrons. The molecule has 0 unspecified atom stereocenters. The van der Waals surface area contributed by atoms with Gasteiger partial charge in [0.05, 0.1) is 18.8 Å². The molecule has 1 N–H and O–H groups in total. The number of aromatic nitrogens is 1. The highest BCUT2D eigenvalue weighted by atomic mass is 16.5. The fourth-order valence-corrected chi connectivity index (χ4v) is 2.21. The van der Waals surface area contributed by atoms with E-state index in [-0.39, 0.29) is 0 Å². The van der Waals surface area contributed by atoms with E-state index in [2.05, 4.69) is 16.4 Å². The van der Waals surface area contributed by atoms with Crippen LogP contribution in [0.25, 0.3) is 0 Å². The molecule has 0 bridgehead atoms. The fourth-order valence-electron chi connectivity index (χ4n) is 2.21. The molecule has 1 aromatic heterocycles. The van der Waals surface area contributed by atoms with Crippen molar-refractivity contribution >= 4 is 5.82 Å². The van der Waals surface area contributed by atoms with Crippen molar-refractivity contribution in [3.05, 3.63) is 47.7 Å². The van der Waals surface area contributed by atoms with E-state index in [4.69, 9.17) is 14.7 Å². The van der Waals surface area contributed by atoms with E-state index in [0.29, 0.717) is 31.1 Å². The molecule has 2 aromatic rings. The van der Waals surface area contributed by atoms with Crippen LogP contribution in [0.3, 0.4) is 0 Å². The number of hydrogen-bond donors (Lipinski definition) is 1. The number of anilines is 1. The van der Waals surface area contributed by atoms with Gasteiger partial charge in [-0.3, -0.25) is 0 Å². The summed E-state index contributed by atoms with van der Waals surface area (Å²) in [6.07, 6.45) is 2.54. The Bertz CT molecular complexity index is 679. The van der Waals surface area contributed by atoms with Crippen LogP contribution in [0.2, 0.25) is 0 Å². The highest BCUT2D eigenvalue weighted by molar-refractivity contribution is 5.53. The average Bonchev–Trinajstić information content (AvgIpc) is 2.79. The summed E-state index contributed by atoms with van der Waals surface area (Å²) in [4.78, 5) is 4.19. The highest BCUT2D eigenvalue weighted by Crippen LogP contribution is 2.33. The van der Waals surface area contributed by atoms with Crippen molar-refractivity contribution in [1.82, 2.24) is 4.98 Å². The summed E-state index contributed by atoms with van der Waals surface area (Å²) in [7, 11) is 0. The summed E-state index contributed by atoms with van der Waals surface area (Å²) >= 11 is 0. The van der Waals surface area contributed by atoms with E-state index in [0.717, 1.165) is 23.5 Å². The van der Waals surface area contributed by atoms with Gasteiger partial charge in [-0.25, -0.2) is 4.98 Å². The number of nitrogens with zero attached hydrogens (tertiary/aromatic N) is 2. The van der Waals surface area contributed by atoms with Gasteiger partial charge in [-0.05, 0) is 18.2 Å². The van der Waals surface area contributed by atoms with Gasteiger partial charge in [0.1, 0.15) is 11.9 Å². The molecule has 3 rings (SSSR count). The summed E-state index contributed by atoms with van der Waals surface area (Å²) < 4.78 is 11.4. The third kappa shape index (κ3) is 2.90. The number of hydrogen-bond acceptors (Lipinski definition) is 5. The lowest BCUT2D eigenvalue weighted by molar-refractivity contribution is 0.296. The lowest BCUT2D eigenvalue weighted by atomic mass is 10.1. The Hall–Kier alpha value is -2.74. The van der Waals surface area contributed by atoms with E-state index in [1.165, 1.54) is 0 Å². The second kappa shape index (κ2) is 6.14. The normalized spacial score (nSPS) is 13.1. The number of nitrogens with one attached hydrogen (secondary N) is 1. The minimum atomic E-state index is 0.525. The molecule has 2 heterocycles. The Morgan fingerprint density at radius 3 is 3.00 bits per heavy atom. The minimum absolute atomic E-state index is 0.525. The van der Waals surface area contributed by atoms with Crippen LogP contribution in [-0.2, 0) is 6.54 Å². The van der Waals surface area contributed by atoms with E-state index >= 15 is 0 Å². The van der Waals surface area contributed by atoms with Crippen molar-refractivity contribution in [3.63, 3.8) is 0 Å². The van der Waals surface area contributed by atoms with E-state index in [1.807, 2.05) is 18.2 Å². The van der Waals surface area contributed by atoms with E-state index < -0.39 is 0 Å². The first-order valence-electron chi connectivity index (χ1n) is 6.85. The van der Waals surface area contributed by atoms with E-state index in [9.17, 15) is 0 Å². The number of ether oxygens (including phenoxy) is 2. The van der Waals surface area contributed by atoms with Gasteiger partial charge in [-0.15, -0.1) is 0 Å². The number of rotatable bonds is 3. The topological polar surface area (TPSA) is 67.2 Å². The van der Waals surface area contributed by atoms with Crippen LogP contribution in [0.15, 0.2) is 36.5 Å². The molecule has 0 saturated heterocycles. The maximum absolute atomic E-state index is 9.07. The van der Waals surface area contributed by atoms with E-state index in [1.54, 1.807) is 18.3 Å². The summed E-state index contributed by atoms with van der Waals surface area (Å²) in [6, 6.07) is 11.4. The summed E-state index contributed by atoms with van der Waals surface area (Å²) in [6.45, 7) is 1.85. The summed E-state index contributed by atoms with van der Waals surface area (Å²) in [5.74, 6) is 2.12. The van der Waals surface area contributed by atoms with Gasteiger partial charge >= 0.3 is 0 Å². The smallest absolute Gasteiger partial charge is 0.166 e. The molecule has 0 spiro atoms. The molecule has 1 aromatic carbocycles. The molecule has 0 radical (unpaired) electrons. The Morgan fingerprint density at radius 1 is 1.19 bits per heavy atom. The average molecular weight is 281 g/mol. The Kier molecular flexibility index (Phi) is 3.88. The molecule has 0 fully saturated rings. The van der Waals surface area contributed by atoms with Crippen LogP contribution in [0.1, 0.15) is 17.5 Å². The molecule has 5 heteroatoms. The number of nitriles is 1. The quantitative estimate of drug-likeness (QED) is 0.937. The lowest BCUT2D eigenvalue weighted by Crippen LogP contribution is -2.05. The van der Waals surface area contributed by atoms with Crippen LogP contribution < -0.4 is 14.8 Å². The van der Waals surface area contributed by atoms with Crippen molar-refractivity contribution in [3.8, 4) is 17.6 Å². The van der Waals surface area contributed by atoms with Gasteiger partial charge < -0.3 is 14.8 Å². The zero-order valence-electron chi connectivity index (χ0n) is 11.5. The summed E-state index contributed by atoms with van der Waals surface area (Å²) in [5.41, 5.74) is 1.51. The first-order valence-corrected chi connectivity index (χ1v) is 6.85. The molecule has 0 saturated carbocycles. The maximum atomic E-state index is 9.07. The van der Waals surface area contributed by atoms with Crippen molar-refractivity contribution in [2.24, 2.45) is 0 Å². The maximum Gasteiger partial charge on any atom is 0.166 e. The zero-order valence-corrected chi connectivity index (χ0v) is 11.5. The molecule has 0 aliphatic carbocycles. The molecule has 0 atom stereocenters. The second-order valence-electron chi connectivity index (χ2n) is 4.66. The van der Waals surface area contributed by atoms with Crippen LogP contribution in [0, 0.1) is 11.3 Å². The predicted octanol–water partition coefficient (Wildman–Crippen LogP) is 2.73. The SMILES string of the molecule is N#Cc1cccnc1NCc1cccc2c1OCCCO2. The zero-order chi connectivity index (χ0) is 14.5. The van der Waals surface area contributed by atoms with Crippen molar-refractivity contribution < 1.29 is 9.47 Å². The molecular weight excluding hydrogens is 266 g/mol. The third-order valence-corrected chi connectivity index (χ3v) is 3.23. The second-order valence-corrected chi connectivity index (χ2v) is 4.66. The van der Waals surface area contributed by atoms with Crippen molar-refractivity contribution in [2.75, 3.05) is 18.5 Å². The van der Waals surface area contributed by atoms with Crippen molar-refractivity contribution in [2.45, 2.75) is 13.0 Å².